The van der Waals surface area contributed by atoms with E-state index in [0.29, 0.717) is 49.6 Å². The quantitative estimate of drug-likeness (QED) is 0.518. The predicted octanol–water partition coefficient (Wildman–Crippen LogP) is 4.62. The number of nitrogens with one attached hydrogen (secondary N) is 1. The number of fused-ring (bicyclic) bond motifs is 2. The number of alkyl halides is 3. The Bertz CT molecular complexity index is 1170. The fourth-order valence-corrected chi connectivity index (χ4v) is 4.16. The minimum atomic E-state index is -4.76. The molecule has 1 saturated heterocycles. The van der Waals surface area contributed by atoms with E-state index in [1.807, 2.05) is 18.2 Å². The molecule has 2 aromatic carbocycles. The highest BCUT2D eigenvalue weighted by molar-refractivity contribution is 5.86. The summed E-state index contributed by atoms with van der Waals surface area (Å²) in [7, 11) is 0. The average molecular weight is 490 g/mol. The number of aromatic nitrogens is 1. The van der Waals surface area contributed by atoms with Crippen molar-refractivity contribution in [3.63, 3.8) is 0 Å². The van der Waals surface area contributed by atoms with Crippen LogP contribution in [0.2, 0.25) is 0 Å². The Morgan fingerprint density at radius 3 is 2.66 bits per heavy atom. The second-order valence-electron chi connectivity index (χ2n) is 8.44. The van der Waals surface area contributed by atoms with Crippen LogP contribution in [0.4, 0.5) is 13.2 Å². The van der Waals surface area contributed by atoms with Crippen molar-refractivity contribution < 1.29 is 36.9 Å². The van der Waals surface area contributed by atoms with E-state index in [2.05, 4.69) is 15.0 Å². The zero-order chi connectivity index (χ0) is 24.3. The van der Waals surface area contributed by atoms with Crippen LogP contribution in [-0.2, 0) is 11.3 Å². The van der Waals surface area contributed by atoms with Gasteiger partial charge in [-0.3, -0.25) is 4.98 Å². The maximum atomic E-state index is 12.6. The predicted molar refractivity (Wildman–Crippen MR) is 121 cm³/mol. The van der Waals surface area contributed by atoms with Gasteiger partial charge in [0.15, 0.2) is 11.5 Å². The summed E-state index contributed by atoms with van der Waals surface area (Å²) in [6.07, 6.45) is -1.61. The van der Waals surface area contributed by atoms with E-state index in [1.54, 1.807) is 12.3 Å². The van der Waals surface area contributed by atoms with Crippen molar-refractivity contribution in [3.05, 3.63) is 54.2 Å². The third-order valence-corrected chi connectivity index (χ3v) is 5.90. The van der Waals surface area contributed by atoms with E-state index in [9.17, 15) is 13.2 Å². The van der Waals surface area contributed by atoms with Gasteiger partial charge in [-0.25, -0.2) is 0 Å². The summed E-state index contributed by atoms with van der Waals surface area (Å²) in [4.78, 5) is 4.18. The molecule has 2 aliphatic heterocycles. The van der Waals surface area contributed by atoms with Crippen LogP contribution >= 0.6 is 0 Å². The first kappa shape index (κ1) is 23.5. The highest BCUT2D eigenvalue weighted by atomic mass is 19.4. The standard InChI is InChI=1S/C25H25F3N2O5/c26-25(27,28)35-18-4-5-21-20(12-18)22(7-8-29-21)34-15-19-3-2-17(14-33-19)30-13-16-1-6-23-24(11-16)32-10-9-31-23/h1,4-8,11-12,17,19,30H,2-3,9-10,13-15H2/t17-,19+/m1/s1. The molecule has 186 valence electrons. The molecule has 10 heteroatoms. The maximum absolute atomic E-state index is 12.6. The van der Waals surface area contributed by atoms with Crippen LogP contribution in [0, 0.1) is 0 Å². The molecule has 35 heavy (non-hydrogen) atoms. The molecular formula is C25H25F3N2O5. The zero-order valence-electron chi connectivity index (χ0n) is 18.8. The molecule has 3 heterocycles. The van der Waals surface area contributed by atoms with E-state index in [0.717, 1.165) is 29.9 Å². The zero-order valence-corrected chi connectivity index (χ0v) is 18.8. The van der Waals surface area contributed by atoms with Gasteiger partial charge < -0.3 is 29.0 Å². The van der Waals surface area contributed by atoms with Crippen LogP contribution in [0.5, 0.6) is 23.0 Å². The van der Waals surface area contributed by atoms with Crippen molar-refractivity contribution in [2.24, 2.45) is 0 Å². The monoisotopic (exact) mass is 490 g/mol. The van der Waals surface area contributed by atoms with Gasteiger partial charge >= 0.3 is 6.36 Å². The Kier molecular flexibility index (Phi) is 6.83. The van der Waals surface area contributed by atoms with E-state index >= 15 is 0 Å². The molecule has 1 aromatic heterocycles. The van der Waals surface area contributed by atoms with Crippen molar-refractivity contribution in [3.8, 4) is 23.0 Å². The minimum absolute atomic E-state index is 0.111. The molecule has 2 atom stereocenters. The highest BCUT2D eigenvalue weighted by Gasteiger charge is 2.31. The molecule has 0 saturated carbocycles. The SMILES string of the molecule is FC(F)(F)Oc1ccc2nccc(OC[C@@H]3CC[C@@H](NCc4ccc5c(c4)OCCO5)CO3)c2c1. The number of benzene rings is 2. The molecule has 1 fully saturated rings. The van der Waals surface area contributed by atoms with E-state index < -0.39 is 6.36 Å². The Morgan fingerprint density at radius 2 is 1.86 bits per heavy atom. The Morgan fingerprint density at radius 1 is 1.00 bits per heavy atom. The van der Waals surface area contributed by atoms with Crippen LogP contribution < -0.4 is 24.3 Å². The molecule has 2 aliphatic rings. The summed E-state index contributed by atoms with van der Waals surface area (Å²) in [6, 6.07) is 11.8. The Hall–Kier alpha value is -3.24. The smallest absolute Gasteiger partial charge is 0.490 e. The van der Waals surface area contributed by atoms with Gasteiger partial charge in [0.25, 0.3) is 0 Å². The normalized spacial score (nSPS) is 20.0. The average Bonchev–Trinajstić information content (AvgIpc) is 2.86. The summed E-state index contributed by atoms with van der Waals surface area (Å²) in [5, 5.41) is 3.96. The van der Waals surface area contributed by atoms with Gasteiger partial charge in [0.05, 0.1) is 18.2 Å². The summed E-state index contributed by atoms with van der Waals surface area (Å²) in [5.74, 6) is 1.66. The molecule has 0 amide bonds. The summed E-state index contributed by atoms with van der Waals surface area (Å²) in [5.41, 5.74) is 1.63. The lowest BCUT2D eigenvalue weighted by atomic mass is 10.0. The van der Waals surface area contributed by atoms with Gasteiger partial charge in [-0.15, -0.1) is 13.2 Å². The Balaban J connectivity index is 1.12. The Labute approximate surface area is 200 Å². The van der Waals surface area contributed by atoms with Gasteiger partial charge in [-0.1, -0.05) is 6.07 Å². The van der Waals surface area contributed by atoms with Crippen LogP contribution in [0.25, 0.3) is 10.9 Å². The van der Waals surface area contributed by atoms with Crippen molar-refractivity contribution in [2.45, 2.75) is 37.9 Å². The summed E-state index contributed by atoms with van der Waals surface area (Å²) >= 11 is 0. The second-order valence-corrected chi connectivity index (χ2v) is 8.44. The van der Waals surface area contributed by atoms with E-state index in [-0.39, 0.29) is 17.9 Å². The van der Waals surface area contributed by atoms with Crippen molar-refractivity contribution in [2.75, 3.05) is 26.4 Å². The van der Waals surface area contributed by atoms with Crippen LogP contribution in [0.1, 0.15) is 18.4 Å². The molecular weight excluding hydrogens is 465 g/mol. The molecule has 0 spiro atoms. The first-order valence-corrected chi connectivity index (χ1v) is 11.4. The van der Waals surface area contributed by atoms with Crippen LogP contribution in [0.3, 0.4) is 0 Å². The second kappa shape index (κ2) is 10.2. The number of hydrogen-bond donors (Lipinski definition) is 1. The van der Waals surface area contributed by atoms with Gasteiger partial charge in [0.1, 0.15) is 31.3 Å². The number of rotatable bonds is 7. The number of hydrogen-bond acceptors (Lipinski definition) is 7. The van der Waals surface area contributed by atoms with Gasteiger partial charge in [-0.05, 0) is 54.8 Å². The van der Waals surface area contributed by atoms with Gasteiger partial charge in [-0.2, -0.15) is 0 Å². The van der Waals surface area contributed by atoms with E-state index in [4.69, 9.17) is 18.9 Å². The number of ether oxygens (including phenoxy) is 5. The molecule has 0 unspecified atom stereocenters. The number of pyridine rings is 1. The minimum Gasteiger partial charge on any atom is -0.490 e. The lowest BCUT2D eigenvalue weighted by Gasteiger charge is -2.30. The third-order valence-electron chi connectivity index (χ3n) is 5.90. The molecule has 0 aliphatic carbocycles. The topological polar surface area (TPSA) is 71.1 Å². The third kappa shape index (κ3) is 6.07. The summed E-state index contributed by atoms with van der Waals surface area (Å²) < 4.78 is 64.8. The van der Waals surface area contributed by atoms with Crippen molar-refractivity contribution >= 4 is 10.9 Å². The molecule has 7 nitrogen and oxygen atoms in total. The van der Waals surface area contributed by atoms with Gasteiger partial charge in [0.2, 0.25) is 0 Å². The molecule has 0 bridgehead atoms. The molecule has 1 N–H and O–H groups in total. The van der Waals surface area contributed by atoms with Crippen LogP contribution in [0.15, 0.2) is 48.7 Å². The van der Waals surface area contributed by atoms with Crippen LogP contribution in [-0.4, -0.2) is 49.9 Å². The van der Waals surface area contributed by atoms with Crippen molar-refractivity contribution in [1.82, 2.24) is 10.3 Å². The highest BCUT2D eigenvalue weighted by Crippen LogP contribution is 2.32. The lowest BCUT2D eigenvalue weighted by Crippen LogP contribution is -2.41. The summed E-state index contributed by atoms with van der Waals surface area (Å²) in [6.45, 7) is 2.65. The first-order valence-electron chi connectivity index (χ1n) is 11.4. The fourth-order valence-electron chi connectivity index (χ4n) is 4.16. The van der Waals surface area contributed by atoms with E-state index in [1.165, 1.54) is 18.2 Å². The lowest BCUT2D eigenvalue weighted by molar-refractivity contribution is -0.274. The molecule has 5 rings (SSSR count). The van der Waals surface area contributed by atoms with Gasteiger partial charge in [0, 0.05) is 24.2 Å². The fraction of sp³-hybridized carbons (Fsp3) is 0.400. The van der Waals surface area contributed by atoms with Crippen molar-refractivity contribution in [1.29, 1.82) is 0 Å². The number of nitrogens with zero attached hydrogens (tertiary/aromatic N) is 1. The molecule has 0 radical (unpaired) electrons. The largest absolute Gasteiger partial charge is 0.573 e. The number of halogens is 3. The first-order chi connectivity index (χ1) is 16.9. The maximum Gasteiger partial charge on any atom is 0.573 e. The molecule has 3 aromatic rings.